The van der Waals surface area contributed by atoms with Crippen LogP contribution in [0.5, 0.6) is 11.5 Å². The second-order valence-electron chi connectivity index (χ2n) is 6.56. The number of methoxy groups -OCH3 is 2. The molecule has 4 N–H and O–H groups in total. The number of halogens is 2. The number of hydrogen-bond acceptors (Lipinski definition) is 6. The molecule has 176 valence electrons. The van der Waals surface area contributed by atoms with Gasteiger partial charge in [-0.15, -0.1) is 0 Å². The lowest BCUT2D eigenvalue weighted by atomic mass is 10.2. The molecule has 0 aromatic heterocycles. The molecule has 12 heteroatoms. The summed E-state index contributed by atoms with van der Waals surface area (Å²) >= 11 is 4.08. The zero-order chi connectivity index (χ0) is 24.4. The maximum Gasteiger partial charge on any atom is 0.269 e. The Labute approximate surface area is 217 Å². The Balaban J connectivity index is 1.67. The monoisotopic (exact) mass is 680 g/mol. The van der Waals surface area contributed by atoms with Crippen molar-refractivity contribution in [2.75, 3.05) is 14.2 Å². The Bertz CT molecular complexity index is 966. The second-order valence-corrected chi connectivity index (χ2v) is 8.88. The maximum atomic E-state index is 12.1. The molecule has 0 saturated heterocycles. The predicted octanol–water partition coefficient (Wildman–Crippen LogP) is 2.31. The zero-order valence-corrected chi connectivity index (χ0v) is 22.1. The molecular formula is C21H22I2N4O6. The van der Waals surface area contributed by atoms with Crippen LogP contribution in [0.4, 0.5) is 0 Å². The third-order valence-electron chi connectivity index (χ3n) is 4.27. The quantitative estimate of drug-likeness (QED) is 0.250. The van der Waals surface area contributed by atoms with Crippen LogP contribution in [-0.4, -0.2) is 37.8 Å². The van der Waals surface area contributed by atoms with Crippen molar-refractivity contribution in [3.05, 3.63) is 54.7 Å². The number of nitrogens with one attached hydrogen (secondary N) is 4. The summed E-state index contributed by atoms with van der Waals surface area (Å²) in [6.45, 7) is 0. The first-order chi connectivity index (χ1) is 15.7. The van der Waals surface area contributed by atoms with Gasteiger partial charge in [-0.1, -0.05) is 0 Å². The Hall–Kier alpha value is -2.62. The normalized spacial score (nSPS) is 10.1. The van der Waals surface area contributed by atoms with E-state index in [1.807, 2.05) is 45.2 Å². The molecule has 0 aliphatic rings. The Morgan fingerprint density at radius 3 is 1.42 bits per heavy atom. The lowest BCUT2D eigenvalue weighted by Crippen LogP contribution is -2.42. The van der Waals surface area contributed by atoms with Crippen LogP contribution in [0.15, 0.2) is 36.4 Å². The van der Waals surface area contributed by atoms with Crippen molar-refractivity contribution in [3.63, 3.8) is 0 Å². The van der Waals surface area contributed by atoms with Gasteiger partial charge in [0, 0.05) is 24.0 Å². The molecule has 33 heavy (non-hydrogen) atoms. The van der Waals surface area contributed by atoms with E-state index in [9.17, 15) is 19.2 Å². The van der Waals surface area contributed by atoms with Crippen LogP contribution >= 0.6 is 45.2 Å². The Kier molecular flexibility index (Phi) is 10.6. The topological polar surface area (TPSA) is 135 Å². The van der Waals surface area contributed by atoms with Crippen LogP contribution in [0.25, 0.3) is 0 Å². The molecule has 4 amide bonds. The van der Waals surface area contributed by atoms with Crippen molar-refractivity contribution < 1.29 is 28.7 Å². The van der Waals surface area contributed by atoms with E-state index in [0.717, 1.165) is 7.14 Å². The molecule has 0 unspecified atom stereocenters. The predicted molar refractivity (Wildman–Crippen MR) is 136 cm³/mol. The summed E-state index contributed by atoms with van der Waals surface area (Å²) in [6, 6.07) is 9.73. The molecule has 0 aliphatic carbocycles. The lowest BCUT2D eigenvalue weighted by molar-refractivity contribution is -0.123. The summed E-state index contributed by atoms with van der Waals surface area (Å²) in [5.41, 5.74) is 9.98. The van der Waals surface area contributed by atoms with E-state index in [0.29, 0.717) is 22.6 Å². The molecule has 0 spiro atoms. The van der Waals surface area contributed by atoms with Gasteiger partial charge in [0.1, 0.15) is 11.5 Å². The van der Waals surface area contributed by atoms with Crippen LogP contribution in [0.3, 0.4) is 0 Å². The summed E-state index contributed by atoms with van der Waals surface area (Å²) in [4.78, 5) is 48.1. The van der Waals surface area contributed by atoms with Crippen LogP contribution in [-0.2, 0) is 9.59 Å². The van der Waals surface area contributed by atoms with Crippen LogP contribution in [0, 0.1) is 7.14 Å². The number of hydrogen-bond donors (Lipinski definition) is 4. The fraction of sp³-hybridized carbons (Fsp3) is 0.238. The van der Waals surface area contributed by atoms with Crippen molar-refractivity contribution >= 4 is 68.8 Å². The molecule has 0 atom stereocenters. The average Bonchev–Trinajstić information content (AvgIpc) is 2.80. The van der Waals surface area contributed by atoms with Gasteiger partial charge < -0.3 is 9.47 Å². The molecule has 2 rings (SSSR count). The van der Waals surface area contributed by atoms with Gasteiger partial charge >= 0.3 is 0 Å². The van der Waals surface area contributed by atoms with E-state index < -0.39 is 23.6 Å². The summed E-state index contributed by atoms with van der Waals surface area (Å²) in [6.07, 6.45) is 0.251. The minimum atomic E-state index is -0.474. The molecule has 0 radical (unpaired) electrons. The van der Waals surface area contributed by atoms with Gasteiger partial charge in [0.25, 0.3) is 11.8 Å². The second kappa shape index (κ2) is 13.2. The molecular weight excluding hydrogens is 658 g/mol. The average molecular weight is 680 g/mol. The lowest BCUT2D eigenvalue weighted by Gasteiger charge is -2.10. The third kappa shape index (κ3) is 8.34. The van der Waals surface area contributed by atoms with Gasteiger partial charge in [-0.25, -0.2) is 0 Å². The van der Waals surface area contributed by atoms with E-state index in [1.54, 1.807) is 36.4 Å². The number of ether oxygens (including phenoxy) is 2. The molecule has 2 aromatic rings. The van der Waals surface area contributed by atoms with E-state index >= 15 is 0 Å². The highest BCUT2D eigenvalue weighted by molar-refractivity contribution is 14.1. The van der Waals surface area contributed by atoms with Crippen LogP contribution < -0.4 is 31.2 Å². The van der Waals surface area contributed by atoms with Gasteiger partial charge in [0.05, 0.1) is 21.4 Å². The largest absolute Gasteiger partial charge is 0.496 e. The van der Waals surface area contributed by atoms with Crippen molar-refractivity contribution in [1.29, 1.82) is 0 Å². The molecule has 0 fully saturated rings. The smallest absolute Gasteiger partial charge is 0.269 e. The minimum absolute atomic E-state index is 0.0124. The molecule has 0 saturated carbocycles. The molecule has 0 heterocycles. The number of amides is 4. The number of benzene rings is 2. The van der Waals surface area contributed by atoms with Crippen molar-refractivity contribution in [2.45, 2.75) is 19.3 Å². The number of rotatable bonds is 8. The summed E-state index contributed by atoms with van der Waals surface area (Å²) in [5, 5.41) is 0. The van der Waals surface area contributed by atoms with Gasteiger partial charge in [0.2, 0.25) is 11.8 Å². The van der Waals surface area contributed by atoms with Crippen molar-refractivity contribution in [2.24, 2.45) is 0 Å². The van der Waals surface area contributed by atoms with Crippen LogP contribution in [0.1, 0.15) is 40.0 Å². The van der Waals surface area contributed by atoms with Crippen molar-refractivity contribution in [1.82, 2.24) is 21.7 Å². The van der Waals surface area contributed by atoms with E-state index in [2.05, 4.69) is 21.7 Å². The fourth-order valence-corrected chi connectivity index (χ4v) is 4.02. The molecule has 0 aliphatic heterocycles. The minimum Gasteiger partial charge on any atom is -0.496 e. The highest BCUT2D eigenvalue weighted by atomic mass is 127. The Morgan fingerprint density at radius 1 is 0.697 bits per heavy atom. The van der Waals surface area contributed by atoms with Gasteiger partial charge in [-0.05, 0) is 88.0 Å². The Morgan fingerprint density at radius 2 is 1.09 bits per heavy atom. The van der Waals surface area contributed by atoms with Gasteiger partial charge in [-0.3, -0.25) is 40.9 Å². The maximum absolute atomic E-state index is 12.1. The van der Waals surface area contributed by atoms with E-state index in [-0.39, 0.29) is 19.3 Å². The fourth-order valence-electron chi connectivity index (χ4n) is 2.55. The SMILES string of the molecule is COc1ccc(C(=O)NNC(=O)CCCC(=O)NNC(=O)c2ccc(OC)c(I)c2)cc1I. The van der Waals surface area contributed by atoms with Gasteiger partial charge in [0.15, 0.2) is 0 Å². The van der Waals surface area contributed by atoms with Gasteiger partial charge in [-0.2, -0.15) is 0 Å². The molecule has 10 nitrogen and oxygen atoms in total. The van der Waals surface area contributed by atoms with Crippen LogP contribution in [0.2, 0.25) is 0 Å². The molecule has 2 aromatic carbocycles. The highest BCUT2D eigenvalue weighted by Crippen LogP contribution is 2.22. The standard InChI is InChI=1S/C21H22I2N4O6/c1-32-16-8-6-12(10-14(16)22)20(30)26-24-18(28)4-3-5-19(29)25-27-21(31)13-7-9-17(33-2)15(23)11-13/h6-11H,3-5H2,1-2H3,(H,24,28)(H,25,29)(H,26,30)(H,27,31). The molecule has 0 bridgehead atoms. The van der Waals surface area contributed by atoms with E-state index in [4.69, 9.17) is 9.47 Å². The summed E-state index contributed by atoms with van der Waals surface area (Å²) in [7, 11) is 3.07. The number of carbonyl (C=O) groups is 4. The number of hydrazine groups is 2. The van der Waals surface area contributed by atoms with Crippen molar-refractivity contribution in [3.8, 4) is 11.5 Å². The first-order valence-corrected chi connectivity index (χ1v) is 11.8. The highest BCUT2D eigenvalue weighted by Gasteiger charge is 2.12. The number of carbonyl (C=O) groups excluding carboxylic acids is 4. The van der Waals surface area contributed by atoms with E-state index in [1.165, 1.54) is 14.2 Å². The summed E-state index contributed by atoms with van der Waals surface area (Å²) in [5.74, 6) is -0.559. The first kappa shape index (κ1) is 26.6. The summed E-state index contributed by atoms with van der Waals surface area (Å²) < 4.78 is 11.8. The first-order valence-electron chi connectivity index (χ1n) is 9.60. The third-order valence-corrected chi connectivity index (χ3v) is 5.95. The zero-order valence-electron chi connectivity index (χ0n) is 17.8.